The summed E-state index contributed by atoms with van der Waals surface area (Å²) < 4.78 is 0. The van der Waals surface area contributed by atoms with Crippen molar-refractivity contribution in [3.63, 3.8) is 0 Å². The summed E-state index contributed by atoms with van der Waals surface area (Å²) in [5.41, 5.74) is 6.68. The van der Waals surface area contributed by atoms with Crippen molar-refractivity contribution in [2.24, 2.45) is 0 Å². The van der Waals surface area contributed by atoms with Crippen LogP contribution in [0.3, 0.4) is 0 Å². The monoisotopic (exact) mass is 262 g/mol. The molecule has 0 aromatic heterocycles. The number of benzene rings is 1. The van der Waals surface area contributed by atoms with E-state index in [1.165, 1.54) is 27.8 Å². The summed E-state index contributed by atoms with van der Waals surface area (Å²) in [5.74, 6) is 0. The lowest BCUT2D eigenvalue weighted by Gasteiger charge is -2.13. The zero-order valence-corrected chi connectivity index (χ0v) is 12.4. The topological polar surface area (TPSA) is 0 Å². The van der Waals surface area contributed by atoms with Gasteiger partial charge in [0, 0.05) is 0 Å². The van der Waals surface area contributed by atoms with Crippen molar-refractivity contribution in [2.45, 2.75) is 26.7 Å². The van der Waals surface area contributed by atoms with E-state index in [2.05, 4.69) is 75.1 Å². The summed E-state index contributed by atoms with van der Waals surface area (Å²) in [4.78, 5) is 0. The number of hydrogen-bond acceptors (Lipinski definition) is 0. The molecule has 0 spiro atoms. The van der Waals surface area contributed by atoms with Gasteiger partial charge in [0.1, 0.15) is 0 Å². The summed E-state index contributed by atoms with van der Waals surface area (Å²) in [5, 5.41) is 0. The van der Waals surface area contributed by atoms with E-state index in [0.717, 1.165) is 12.8 Å². The van der Waals surface area contributed by atoms with E-state index in [1.807, 2.05) is 6.08 Å². The molecule has 0 fully saturated rings. The van der Waals surface area contributed by atoms with E-state index >= 15 is 0 Å². The molecule has 0 aliphatic heterocycles. The molecule has 0 saturated carbocycles. The second kappa shape index (κ2) is 6.91. The molecular weight excluding hydrogens is 240 g/mol. The molecule has 0 unspecified atom stereocenters. The summed E-state index contributed by atoms with van der Waals surface area (Å²) in [6.07, 6.45) is 15.0. The lowest BCUT2D eigenvalue weighted by atomic mass is 9.92. The van der Waals surface area contributed by atoms with Crippen molar-refractivity contribution in [3.05, 3.63) is 89.6 Å². The van der Waals surface area contributed by atoms with Crippen LogP contribution in [-0.2, 0) is 0 Å². The normalized spacial score (nSPS) is 16.0. The number of rotatable bonds is 4. The maximum Gasteiger partial charge on any atom is -0.0222 e. The maximum atomic E-state index is 3.75. The minimum atomic E-state index is 1.11. The fourth-order valence-electron chi connectivity index (χ4n) is 2.27. The fraction of sp³-hybridized carbons (Fsp3) is 0.200. The van der Waals surface area contributed by atoms with Gasteiger partial charge in [0.05, 0.1) is 0 Å². The zero-order chi connectivity index (χ0) is 14.4. The molecule has 1 aliphatic carbocycles. The average molecular weight is 262 g/mol. The van der Waals surface area contributed by atoms with Crippen molar-refractivity contribution in [2.75, 3.05) is 0 Å². The Bertz CT molecular complexity index is 607. The Morgan fingerprint density at radius 1 is 1.20 bits per heavy atom. The zero-order valence-electron chi connectivity index (χ0n) is 12.4. The predicted molar refractivity (Wildman–Crippen MR) is 89.6 cm³/mol. The molecule has 1 aliphatic rings. The number of aryl methyl sites for hydroxylation is 1. The predicted octanol–water partition coefficient (Wildman–Crippen LogP) is 5.79. The first-order valence-electron chi connectivity index (χ1n) is 7.13. The molecule has 1 aromatic rings. The van der Waals surface area contributed by atoms with Gasteiger partial charge in [-0.1, -0.05) is 78.4 Å². The number of hydrogen-bond donors (Lipinski definition) is 0. The van der Waals surface area contributed by atoms with Gasteiger partial charge < -0.3 is 0 Å². The van der Waals surface area contributed by atoms with Crippen molar-refractivity contribution in [3.8, 4) is 0 Å². The van der Waals surface area contributed by atoms with Gasteiger partial charge >= 0.3 is 0 Å². The van der Waals surface area contributed by atoms with Crippen molar-refractivity contribution in [1.29, 1.82) is 0 Å². The van der Waals surface area contributed by atoms with Crippen LogP contribution in [0.15, 0.2) is 78.4 Å². The van der Waals surface area contributed by atoms with E-state index in [1.54, 1.807) is 0 Å². The first-order valence-corrected chi connectivity index (χ1v) is 7.13. The van der Waals surface area contributed by atoms with Gasteiger partial charge in [-0.05, 0) is 43.4 Å². The van der Waals surface area contributed by atoms with Crippen molar-refractivity contribution < 1.29 is 0 Å². The van der Waals surface area contributed by atoms with Crippen molar-refractivity contribution >= 4 is 5.57 Å². The van der Waals surface area contributed by atoms with Crippen LogP contribution in [0.5, 0.6) is 0 Å². The van der Waals surface area contributed by atoms with Crippen LogP contribution >= 0.6 is 0 Å². The third kappa shape index (κ3) is 3.96. The van der Waals surface area contributed by atoms with E-state index in [4.69, 9.17) is 0 Å². The van der Waals surface area contributed by atoms with Gasteiger partial charge in [-0.3, -0.25) is 0 Å². The van der Waals surface area contributed by atoms with E-state index in [9.17, 15) is 0 Å². The molecule has 0 atom stereocenters. The second-order valence-electron chi connectivity index (χ2n) is 5.28. The molecule has 102 valence electrons. The van der Waals surface area contributed by atoms with Gasteiger partial charge in [-0.2, -0.15) is 0 Å². The Kier molecular flexibility index (Phi) is 4.95. The molecule has 0 radical (unpaired) electrons. The minimum absolute atomic E-state index is 1.11. The number of allylic oxidation sites excluding steroid dienone is 9. The summed E-state index contributed by atoms with van der Waals surface area (Å²) in [7, 11) is 0. The molecular formula is C20H22. The highest BCUT2D eigenvalue weighted by molar-refractivity contribution is 5.69. The molecule has 0 heterocycles. The lowest BCUT2D eigenvalue weighted by molar-refractivity contribution is 1.01. The Hall–Kier alpha value is -2.08. The Balaban J connectivity index is 2.10. The summed E-state index contributed by atoms with van der Waals surface area (Å²) in [6, 6.07) is 8.74. The van der Waals surface area contributed by atoms with E-state index in [-0.39, 0.29) is 0 Å². The molecule has 1 aromatic carbocycles. The molecule has 2 rings (SSSR count). The third-order valence-electron chi connectivity index (χ3n) is 3.56. The van der Waals surface area contributed by atoms with Crippen LogP contribution in [0.4, 0.5) is 0 Å². The second-order valence-corrected chi connectivity index (χ2v) is 5.28. The van der Waals surface area contributed by atoms with Crippen LogP contribution in [0, 0.1) is 6.92 Å². The summed E-state index contributed by atoms with van der Waals surface area (Å²) in [6.45, 7) is 7.95. The van der Waals surface area contributed by atoms with Crippen molar-refractivity contribution in [1.82, 2.24) is 0 Å². The maximum absolute atomic E-state index is 3.75. The quantitative estimate of drug-likeness (QED) is 0.603. The molecule has 0 saturated heterocycles. The standard InChI is InChI=1S/C20H22/c1-4-16(2)7-5-9-18-11-13-19(14-12-18)20-10-6-8-17(3)15-20/h4-11,13,15H,1,12,14H2,2-3H3/b9-5+,16-7-. The van der Waals surface area contributed by atoms with Crippen LogP contribution in [-0.4, -0.2) is 0 Å². The Morgan fingerprint density at radius 3 is 2.70 bits per heavy atom. The van der Waals surface area contributed by atoms with Gasteiger partial charge in [0.25, 0.3) is 0 Å². The molecule has 0 amide bonds. The molecule has 0 bridgehead atoms. The Morgan fingerprint density at radius 2 is 2.05 bits per heavy atom. The first kappa shape index (κ1) is 14.3. The van der Waals surface area contributed by atoms with Gasteiger partial charge in [0.2, 0.25) is 0 Å². The highest BCUT2D eigenvalue weighted by Gasteiger charge is 2.06. The highest BCUT2D eigenvalue weighted by atomic mass is 14.1. The fourth-order valence-corrected chi connectivity index (χ4v) is 2.27. The highest BCUT2D eigenvalue weighted by Crippen LogP contribution is 2.27. The molecule has 0 heteroatoms. The smallest absolute Gasteiger partial charge is 0.0222 e. The first-order chi connectivity index (χ1) is 9.69. The van der Waals surface area contributed by atoms with Crippen LogP contribution in [0.25, 0.3) is 5.57 Å². The SMILES string of the molecule is C=C/C(C)=C\C=C\C1=CC=C(c2cccc(C)c2)CC1. The van der Waals surface area contributed by atoms with Gasteiger partial charge in [-0.25, -0.2) is 0 Å². The molecule has 20 heavy (non-hydrogen) atoms. The van der Waals surface area contributed by atoms with Crippen LogP contribution in [0.1, 0.15) is 30.9 Å². The van der Waals surface area contributed by atoms with Gasteiger partial charge in [0.15, 0.2) is 0 Å². The van der Waals surface area contributed by atoms with Gasteiger partial charge in [-0.15, -0.1) is 0 Å². The largest absolute Gasteiger partial charge is 0.0988 e. The lowest BCUT2D eigenvalue weighted by Crippen LogP contribution is -1.92. The summed E-state index contributed by atoms with van der Waals surface area (Å²) >= 11 is 0. The van der Waals surface area contributed by atoms with E-state index in [0.29, 0.717) is 0 Å². The molecule has 0 nitrogen and oxygen atoms in total. The van der Waals surface area contributed by atoms with Crippen LogP contribution < -0.4 is 0 Å². The van der Waals surface area contributed by atoms with E-state index < -0.39 is 0 Å². The molecule has 0 N–H and O–H groups in total. The third-order valence-corrected chi connectivity index (χ3v) is 3.56. The Labute approximate surface area is 122 Å². The van der Waals surface area contributed by atoms with Crippen LogP contribution in [0.2, 0.25) is 0 Å². The minimum Gasteiger partial charge on any atom is -0.0988 e. The average Bonchev–Trinajstić information content (AvgIpc) is 2.48.